The maximum Gasteiger partial charge on any atom is 0.129 e. The first-order chi connectivity index (χ1) is 9.08. The number of halogens is 2. The molecule has 0 radical (unpaired) electrons. The van der Waals surface area contributed by atoms with Crippen LogP contribution in [0.4, 0.5) is 8.78 Å². The lowest BCUT2D eigenvalue weighted by Crippen LogP contribution is -2.31. The number of hydrogen-bond donors (Lipinski definition) is 1. The Kier molecular flexibility index (Phi) is 4.92. The van der Waals surface area contributed by atoms with Gasteiger partial charge in [0.05, 0.1) is 0 Å². The number of rotatable bonds is 5. The van der Waals surface area contributed by atoms with Gasteiger partial charge >= 0.3 is 0 Å². The molecule has 3 heteroatoms. The molecule has 0 saturated heterocycles. The van der Waals surface area contributed by atoms with Gasteiger partial charge in [0.15, 0.2) is 0 Å². The highest BCUT2D eigenvalue weighted by molar-refractivity contribution is 5.20. The highest BCUT2D eigenvalue weighted by Crippen LogP contribution is 2.34. The highest BCUT2D eigenvalue weighted by Gasteiger charge is 2.28. The lowest BCUT2D eigenvalue weighted by Gasteiger charge is -2.22. The third-order valence-corrected chi connectivity index (χ3v) is 4.13. The van der Waals surface area contributed by atoms with E-state index in [-0.39, 0.29) is 5.56 Å². The highest BCUT2D eigenvalue weighted by atomic mass is 19.1. The zero-order chi connectivity index (χ0) is 13.8. The van der Waals surface area contributed by atoms with Crippen molar-refractivity contribution in [1.29, 1.82) is 0 Å². The third kappa shape index (κ3) is 3.75. The zero-order valence-corrected chi connectivity index (χ0v) is 11.8. The molecule has 1 saturated carbocycles. The monoisotopic (exact) mass is 267 g/mol. The largest absolute Gasteiger partial charge is 0.314 e. The van der Waals surface area contributed by atoms with Crippen LogP contribution >= 0.6 is 0 Å². The molecule has 19 heavy (non-hydrogen) atoms. The van der Waals surface area contributed by atoms with Crippen LogP contribution in [0.3, 0.4) is 0 Å². The topological polar surface area (TPSA) is 12.0 Å². The molecule has 2 rings (SSSR count). The van der Waals surface area contributed by atoms with Gasteiger partial charge in [0.1, 0.15) is 11.6 Å². The molecule has 0 heterocycles. The Balaban J connectivity index is 2.01. The molecule has 1 aliphatic rings. The van der Waals surface area contributed by atoms with Crippen LogP contribution in [0.2, 0.25) is 0 Å². The van der Waals surface area contributed by atoms with E-state index in [0.29, 0.717) is 24.3 Å². The molecule has 106 valence electrons. The molecule has 0 bridgehead atoms. The predicted molar refractivity (Wildman–Crippen MR) is 74.0 cm³/mol. The summed E-state index contributed by atoms with van der Waals surface area (Å²) in [5, 5.41) is 3.44. The number of benzene rings is 1. The van der Waals surface area contributed by atoms with Gasteiger partial charge in [0.25, 0.3) is 0 Å². The first kappa shape index (κ1) is 14.4. The van der Waals surface area contributed by atoms with Crippen molar-refractivity contribution >= 4 is 0 Å². The van der Waals surface area contributed by atoms with Gasteiger partial charge in [0, 0.05) is 11.6 Å². The van der Waals surface area contributed by atoms with Gasteiger partial charge in [0.2, 0.25) is 0 Å². The first-order valence-corrected chi connectivity index (χ1v) is 7.24. The molecule has 0 aromatic heterocycles. The summed E-state index contributed by atoms with van der Waals surface area (Å²) in [6, 6.07) is 4.61. The molecule has 0 spiro atoms. The Morgan fingerprint density at radius 3 is 2.42 bits per heavy atom. The predicted octanol–water partition coefficient (Wildman–Crippen LogP) is 3.92. The molecular formula is C16H23F2N. The molecule has 2 atom stereocenters. The van der Waals surface area contributed by atoms with Crippen molar-refractivity contribution in [3.05, 3.63) is 35.4 Å². The summed E-state index contributed by atoms with van der Waals surface area (Å²) in [6.45, 7) is 5.21. The van der Waals surface area contributed by atoms with Gasteiger partial charge in [-0.05, 0) is 49.8 Å². The average Bonchev–Trinajstić information content (AvgIpc) is 2.79. The van der Waals surface area contributed by atoms with Crippen molar-refractivity contribution in [3.63, 3.8) is 0 Å². The van der Waals surface area contributed by atoms with E-state index in [2.05, 4.69) is 19.2 Å². The SMILES string of the molecule is CC(C)NCC1CCCC1Cc1c(F)cccc1F. The molecule has 2 unspecified atom stereocenters. The second-order valence-corrected chi connectivity index (χ2v) is 5.92. The van der Waals surface area contributed by atoms with Crippen molar-refractivity contribution in [2.75, 3.05) is 6.54 Å². The second kappa shape index (κ2) is 6.47. The molecule has 0 amide bonds. The van der Waals surface area contributed by atoms with Gasteiger partial charge in [-0.2, -0.15) is 0 Å². The molecule has 0 aliphatic heterocycles. The maximum atomic E-state index is 13.7. The summed E-state index contributed by atoms with van der Waals surface area (Å²) in [7, 11) is 0. The Bertz CT molecular complexity index is 397. The Morgan fingerprint density at radius 1 is 1.16 bits per heavy atom. The zero-order valence-electron chi connectivity index (χ0n) is 11.8. The minimum atomic E-state index is -0.400. The minimum absolute atomic E-state index is 0.268. The van der Waals surface area contributed by atoms with Crippen molar-refractivity contribution in [2.24, 2.45) is 11.8 Å². The van der Waals surface area contributed by atoms with Crippen molar-refractivity contribution in [3.8, 4) is 0 Å². The van der Waals surface area contributed by atoms with Crippen LogP contribution in [0.1, 0.15) is 38.7 Å². The van der Waals surface area contributed by atoms with E-state index < -0.39 is 11.6 Å². The van der Waals surface area contributed by atoms with Gasteiger partial charge < -0.3 is 5.32 Å². The Hall–Kier alpha value is -0.960. The fraction of sp³-hybridized carbons (Fsp3) is 0.625. The third-order valence-electron chi connectivity index (χ3n) is 4.13. The van der Waals surface area contributed by atoms with Gasteiger partial charge in [-0.3, -0.25) is 0 Å². The second-order valence-electron chi connectivity index (χ2n) is 5.92. The van der Waals surface area contributed by atoms with E-state index in [4.69, 9.17) is 0 Å². The minimum Gasteiger partial charge on any atom is -0.314 e. The summed E-state index contributed by atoms with van der Waals surface area (Å²) in [5.41, 5.74) is 0.268. The van der Waals surface area contributed by atoms with Crippen LogP contribution in [0.15, 0.2) is 18.2 Å². The Labute approximate surface area is 114 Å². The summed E-state index contributed by atoms with van der Waals surface area (Å²) in [4.78, 5) is 0. The average molecular weight is 267 g/mol. The van der Waals surface area contributed by atoms with Crippen LogP contribution in [-0.2, 0) is 6.42 Å². The quantitative estimate of drug-likeness (QED) is 0.852. The lowest BCUT2D eigenvalue weighted by molar-refractivity contribution is 0.346. The van der Waals surface area contributed by atoms with Crippen molar-refractivity contribution in [2.45, 2.75) is 45.6 Å². The smallest absolute Gasteiger partial charge is 0.129 e. The fourth-order valence-electron chi connectivity index (χ4n) is 3.03. The van der Waals surface area contributed by atoms with Crippen LogP contribution in [-0.4, -0.2) is 12.6 Å². The van der Waals surface area contributed by atoms with E-state index in [9.17, 15) is 8.78 Å². The van der Waals surface area contributed by atoms with Gasteiger partial charge in [-0.15, -0.1) is 0 Å². The van der Waals surface area contributed by atoms with E-state index in [0.717, 1.165) is 13.0 Å². The Morgan fingerprint density at radius 2 is 1.79 bits per heavy atom. The van der Waals surface area contributed by atoms with E-state index in [1.165, 1.54) is 31.0 Å². The first-order valence-electron chi connectivity index (χ1n) is 7.24. The van der Waals surface area contributed by atoms with Crippen LogP contribution in [0.25, 0.3) is 0 Å². The van der Waals surface area contributed by atoms with Crippen LogP contribution in [0, 0.1) is 23.5 Å². The number of hydrogen-bond acceptors (Lipinski definition) is 1. The van der Waals surface area contributed by atoms with Gasteiger partial charge in [-0.1, -0.05) is 26.3 Å². The normalized spacial score (nSPS) is 23.2. The molecule has 1 aliphatic carbocycles. The molecule has 1 aromatic rings. The van der Waals surface area contributed by atoms with Crippen LogP contribution in [0.5, 0.6) is 0 Å². The maximum absolute atomic E-state index is 13.7. The summed E-state index contributed by atoms with van der Waals surface area (Å²) in [5.74, 6) is 0.143. The summed E-state index contributed by atoms with van der Waals surface area (Å²) >= 11 is 0. The number of nitrogens with one attached hydrogen (secondary N) is 1. The molecule has 1 fully saturated rings. The van der Waals surface area contributed by atoms with Crippen LogP contribution < -0.4 is 5.32 Å². The summed E-state index contributed by atoms with van der Waals surface area (Å²) < 4.78 is 27.4. The summed E-state index contributed by atoms with van der Waals surface area (Å²) in [6.07, 6.45) is 3.95. The molecular weight excluding hydrogens is 244 g/mol. The van der Waals surface area contributed by atoms with Crippen molar-refractivity contribution in [1.82, 2.24) is 5.32 Å². The van der Waals surface area contributed by atoms with Crippen molar-refractivity contribution < 1.29 is 8.78 Å². The fourth-order valence-corrected chi connectivity index (χ4v) is 3.03. The van der Waals surface area contributed by atoms with E-state index in [1.807, 2.05) is 0 Å². The van der Waals surface area contributed by atoms with E-state index >= 15 is 0 Å². The molecule has 1 aromatic carbocycles. The van der Waals surface area contributed by atoms with Gasteiger partial charge in [-0.25, -0.2) is 8.78 Å². The lowest BCUT2D eigenvalue weighted by atomic mass is 9.89. The molecule has 1 N–H and O–H groups in total. The van der Waals surface area contributed by atoms with E-state index in [1.54, 1.807) is 0 Å². The molecule has 1 nitrogen and oxygen atoms in total. The standard InChI is InChI=1S/C16H23F2N/c1-11(2)19-10-13-6-3-5-12(13)9-14-15(17)7-4-8-16(14)18/h4,7-8,11-13,19H,3,5-6,9-10H2,1-2H3.